The number of hydrazone groups is 2. The lowest BCUT2D eigenvalue weighted by molar-refractivity contribution is 0.447. The fourth-order valence-electron chi connectivity index (χ4n) is 6.60. The molecule has 2 aromatic carbocycles. The van der Waals surface area contributed by atoms with Crippen LogP contribution in [0.15, 0.2) is 113 Å². The summed E-state index contributed by atoms with van der Waals surface area (Å²) in [6, 6.07) is 25.0. The summed E-state index contributed by atoms with van der Waals surface area (Å²) < 4.78 is 0. The summed E-state index contributed by atoms with van der Waals surface area (Å²) in [7, 11) is 0. The molecular weight excluding hydrogens is 769 g/mol. The second-order valence-electron chi connectivity index (χ2n) is 13.8. The normalized spacial score (nSPS) is 13.6. The molecule has 0 amide bonds. The predicted octanol–water partition coefficient (Wildman–Crippen LogP) is 10.7. The zero-order valence-corrected chi connectivity index (χ0v) is 35.4. The highest BCUT2D eigenvalue weighted by Crippen LogP contribution is 2.38. The number of benzene rings is 2. The zero-order chi connectivity index (χ0) is 39.2. The Morgan fingerprint density at radius 1 is 0.661 bits per heavy atom. The van der Waals surface area contributed by atoms with Gasteiger partial charge in [-0.15, -0.1) is 22.7 Å². The molecule has 4 aromatic heterocycles. The number of hydrogen-bond donors (Lipinski definition) is 2. The predicted molar refractivity (Wildman–Crippen MR) is 242 cm³/mol. The van der Waals surface area contributed by atoms with Gasteiger partial charge in [0.15, 0.2) is 10.2 Å². The number of anilines is 2. The Labute approximate surface area is 348 Å². The quantitative estimate of drug-likeness (QED) is 0.140. The van der Waals surface area contributed by atoms with Crippen LogP contribution >= 0.6 is 47.1 Å². The number of thiocarbonyl (C=S) groups is 2. The Morgan fingerprint density at radius 2 is 1.18 bits per heavy atom. The second kappa shape index (κ2) is 17.8. The molecule has 8 nitrogen and oxygen atoms in total. The highest BCUT2D eigenvalue weighted by atomic mass is 32.1. The number of nitrogens with one attached hydrogen (secondary N) is 2. The van der Waals surface area contributed by atoms with Gasteiger partial charge >= 0.3 is 0 Å². The van der Waals surface area contributed by atoms with Crippen molar-refractivity contribution in [1.29, 1.82) is 0 Å². The van der Waals surface area contributed by atoms with Crippen LogP contribution in [0.4, 0.5) is 10.0 Å². The number of aromatic nitrogens is 2. The highest BCUT2D eigenvalue weighted by molar-refractivity contribution is 7.80. The largest absolute Gasteiger partial charge is 0.322 e. The van der Waals surface area contributed by atoms with Gasteiger partial charge in [0, 0.05) is 51.9 Å². The van der Waals surface area contributed by atoms with Gasteiger partial charge in [0.25, 0.3) is 0 Å². The molecule has 0 saturated heterocycles. The molecule has 56 heavy (non-hydrogen) atoms. The summed E-state index contributed by atoms with van der Waals surface area (Å²) in [4.78, 5) is 9.79. The number of fused-ring (bicyclic) bond motifs is 2. The van der Waals surface area contributed by atoms with Crippen LogP contribution in [0.25, 0.3) is 0 Å². The average Bonchev–Trinajstić information content (AvgIpc) is 3.65. The highest BCUT2D eigenvalue weighted by Gasteiger charge is 2.28. The third-order valence-electron chi connectivity index (χ3n) is 9.54. The van der Waals surface area contributed by atoms with Crippen molar-refractivity contribution < 1.29 is 0 Å². The molecular formula is C44H44N8S4. The molecule has 0 atom stereocenters. The third-order valence-corrected chi connectivity index (χ3v) is 12.5. The van der Waals surface area contributed by atoms with Gasteiger partial charge in [0.05, 0.1) is 13.1 Å². The molecule has 0 radical (unpaired) electrons. The van der Waals surface area contributed by atoms with Crippen LogP contribution in [0.2, 0.25) is 0 Å². The van der Waals surface area contributed by atoms with Crippen molar-refractivity contribution in [3.8, 4) is 0 Å². The Hall–Kier alpha value is -5.14. The number of pyridine rings is 2. The summed E-state index contributed by atoms with van der Waals surface area (Å²) in [6.07, 6.45) is 10.4. The minimum atomic E-state index is 0.573. The number of hydrogen-bond acceptors (Lipinski definition) is 8. The number of aryl methyl sites for hydroxylation is 4. The monoisotopic (exact) mass is 812 g/mol. The maximum Gasteiger partial charge on any atom is 0.195 e. The lowest BCUT2D eigenvalue weighted by atomic mass is 9.98. The molecule has 0 saturated carbocycles. The van der Waals surface area contributed by atoms with Crippen molar-refractivity contribution in [3.05, 3.63) is 163 Å². The molecule has 0 bridgehead atoms. The molecule has 284 valence electrons. The molecule has 0 unspecified atom stereocenters. The van der Waals surface area contributed by atoms with Crippen LogP contribution in [0.3, 0.4) is 0 Å². The van der Waals surface area contributed by atoms with Crippen LogP contribution < -0.4 is 10.6 Å². The lowest BCUT2D eigenvalue weighted by Crippen LogP contribution is -2.29. The molecule has 12 heteroatoms. The van der Waals surface area contributed by atoms with E-state index in [1.54, 1.807) is 35.1 Å². The first-order valence-corrected chi connectivity index (χ1v) is 21.2. The van der Waals surface area contributed by atoms with E-state index in [-0.39, 0.29) is 0 Å². The van der Waals surface area contributed by atoms with Crippen molar-refractivity contribution in [2.45, 2.75) is 67.0 Å². The Kier molecular flexibility index (Phi) is 12.4. The van der Waals surface area contributed by atoms with Crippen molar-refractivity contribution >= 4 is 78.8 Å². The van der Waals surface area contributed by atoms with E-state index in [0.29, 0.717) is 23.3 Å². The third kappa shape index (κ3) is 8.79. The SMILES string of the molecule is CCCc1csc2c1C(c1ccc(C)cc1)=NN(Cc1cccnc1)C(=S)N2.CCc1sc2c(c1C)C(c1ccc(C)cc1)=NN(Cc1cccnc1)C(=S)N2. The van der Waals surface area contributed by atoms with Gasteiger partial charge in [0.2, 0.25) is 0 Å². The Bertz CT molecular complexity index is 2380. The molecule has 0 fully saturated rings. The fourth-order valence-corrected chi connectivity index (χ4v) is 9.28. The van der Waals surface area contributed by atoms with Crippen molar-refractivity contribution in [2.24, 2.45) is 10.2 Å². The van der Waals surface area contributed by atoms with E-state index < -0.39 is 0 Å². The van der Waals surface area contributed by atoms with Gasteiger partial charge in [-0.3, -0.25) is 9.97 Å². The molecule has 6 heterocycles. The van der Waals surface area contributed by atoms with Gasteiger partial charge in [-0.25, -0.2) is 10.0 Å². The molecule has 6 aromatic rings. The van der Waals surface area contributed by atoms with Crippen LogP contribution in [0.1, 0.15) is 80.8 Å². The smallest absolute Gasteiger partial charge is 0.195 e. The van der Waals surface area contributed by atoms with E-state index in [2.05, 4.69) is 109 Å². The molecule has 2 aliphatic rings. The summed E-state index contributed by atoms with van der Waals surface area (Å²) in [5.74, 6) is 0. The van der Waals surface area contributed by atoms with Crippen LogP contribution in [-0.4, -0.2) is 41.6 Å². The lowest BCUT2D eigenvalue weighted by Gasteiger charge is -2.19. The fraction of sp³-hybridized carbons (Fsp3) is 0.227. The van der Waals surface area contributed by atoms with E-state index in [0.717, 1.165) is 68.5 Å². The molecule has 8 rings (SSSR count). The first-order chi connectivity index (χ1) is 27.2. The number of nitrogens with zero attached hydrogens (tertiary/aromatic N) is 6. The van der Waals surface area contributed by atoms with E-state index in [9.17, 15) is 0 Å². The first-order valence-electron chi connectivity index (χ1n) is 18.7. The van der Waals surface area contributed by atoms with Crippen molar-refractivity contribution in [1.82, 2.24) is 20.0 Å². The minimum Gasteiger partial charge on any atom is -0.322 e. The van der Waals surface area contributed by atoms with Crippen molar-refractivity contribution in [2.75, 3.05) is 10.6 Å². The standard InChI is InChI=1S/2C22H22N4S2/c1-4-18-15(3)19-20(17-9-7-14(2)8-10-17)25-26(22(27)24-21(19)28-18)13-16-6-5-11-23-12-16;1-3-5-18-14-28-21-19(18)20(17-9-7-15(2)8-10-17)25-26(22(27)24-21)13-16-6-4-11-23-12-16/h5-12H,4,13H2,1-3H3,(H,24,27);4,6-12,14H,3,5,13H2,1-2H3,(H,24,27). The van der Waals surface area contributed by atoms with E-state index >= 15 is 0 Å². The number of thiophene rings is 2. The van der Waals surface area contributed by atoms with Gasteiger partial charge in [-0.2, -0.15) is 10.2 Å². The first kappa shape index (κ1) is 39.1. The van der Waals surface area contributed by atoms with Gasteiger partial charge in [-0.1, -0.05) is 92.1 Å². The minimum absolute atomic E-state index is 0.573. The summed E-state index contributed by atoms with van der Waals surface area (Å²) in [5, 5.41) is 26.2. The zero-order valence-electron chi connectivity index (χ0n) is 32.2. The Balaban J connectivity index is 0.000000172. The summed E-state index contributed by atoms with van der Waals surface area (Å²) in [5.41, 5.74) is 13.6. The molecule has 2 N–H and O–H groups in total. The number of rotatable bonds is 9. The van der Waals surface area contributed by atoms with Gasteiger partial charge < -0.3 is 10.6 Å². The van der Waals surface area contributed by atoms with Gasteiger partial charge in [-0.05, 0) is 97.8 Å². The summed E-state index contributed by atoms with van der Waals surface area (Å²) >= 11 is 14.8. The van der Waals surface area contributed by atoms with Gasteiger partial charge in [0.1, 0.15) is 21.4 Å². The molecule has 0 spiro atoms. The second-order valence-corrected chi connectivity index (χ2v) is 16.5. The van der Waals surface area contributed by atoms with E-state index in [4.69, 9.17) is 34.6 Å². The van der Waals surface area contributed by atoms with Crippen molar-refractivity contribution in [3.63, 3.8) is 0 Å². The average molecular weight is 813 g/mol. The topological polar surface area (TPSA) is 81.0 Å². The molecule has 0 aliphatic carbocycles. The Morgan fingerprint density at radius 3 is 1.66 bits per heavy atom. The van der Waals surface area contributed by atoms with E-state index in [1.807, 2.05) is 46.7 Å². The summed E-state index contributed by atoms with van der Waals surface area (Å²) in [6.45, 7) is 11.9. The van der Waals surface area contributed by atoms with Crippen LogP contribution in [0.5, 0.6) is 0 Å². The van der Waals surface area contributed by atoms with Crippen LogP contribution in [0, 0.1) is 20.8 Å². The van der Waals surface area contributed by atoms with E-state index in [1.165, 1.54) is 32.7 Å². The maximum atomic E-state index is 5.70. The molecule has 2 aliphatic heterocycles. The van der Waals surface area contributed by atoms with Crippen LogP contribution in [-0.2, 0) is 25.9 Å². The maximum absolute atomic E-state index is 5.70.